The van der Waals surface area contributed by atoms with Crippen LogP contribution < -0.4 is 4.90 Å². The Kier molecular flexibility index (Phi) is 5.42. The first-order valence-corrected chi connectivity index (χ1v) is 6.30. The summed E-state index contributed by atoms with van der Waals surface area (Å²) in [4.78, 5) is 12.7. The Balaban J connectivity index is 3.55. The lowest BCUT2D eigenvalue weighted by Crippen LogP contribution is -2.36. The second kappa shape index (κ2) is 6.45. The van der Waals surface area contributed by atoms with E-state index in [0.717, 1.165) is 4.90 Å². The predicted octanol–water partition coefficient (Wildman–Crippen LogP) is 3.50. The lowest BCUT2D eigenvalue weighted by atomic mass is 10.0. The Morgan fingerprint density at radius 1 is 1.30 bits per heavy atom. The molecule has 0 radical (unpaired) electrons. The highest BCUT2D eigenvalue weighted by atomic mass is 35.5. The van der Waals surface area contributed by atoms with Gasteiger partial charge in [0.1, 0.15) is 12.6 Å². The quantitative estimate of drug-likeness (QED) is 0.629. The largest absolute Gasteiger partial charge is 0.418 e. The summed E-state index contributed by atoms with van der Waals surface area (Å²) < 4.78 is 44.6. The van der Waals surface area contributed by atoms with E-state index < -0.39 is 23.5 Å². The summed E-state index contributed by atoms with van der Waals surface area (Å²) in [6, 6.07) is 2.90. The van der Waals surface area contributed by atoms with Crippen molar-refractivity contribution in [3.8, 4) is 0 Å². The maximum atomic E-state index is 13.2. The van der Waals surface area contributed by atoms with Gasteiger partial charge in [-0.3, -0.25) is 9.69 Å². The van der Waals surface area contributed by atoms with Crippen molar-refractivity contribution in [1.82, 2.24) is 0 Å². The third kappa shape index (κ3) is 3.43. The molecular formula is C13H15ClF3NO2. The summed E-state index contributed by atoms with van der Waals surface area (Å²) in [6.07, 6.45) is -4.57. The number of hydrogen-bond acceptors (Lipinski definition) is 2. The zero-order valence-corrected chi connectivity index (χ0v) is 12.1. The molecule has 1 amide bonds. The van der Waals surface area contributed by atoms with Gasteiger partial charge in [-0.25, -0.2) is 0 Å². The second-order valence-corrected chi connectivity index (χ2v) is 4.56. The number of carbonyl (C=O) groups excluding carboxylic acids is 1. The van der Waals surface area contributed by atoms with Gasteiger partial charge in [-0.2, -0.15) is 13.2 Å². The van der Waals surface area contributed by atoms with Gasteiger partial charge < -0.3 is 4.74 Å². The van der Waals surface area contributed by atoms with Crippen molar-refractivity contribution in [3.05, 3.63) is 28.8 Å². The molecule has 0 fully saturated rings. The maximum absolute atomic E-state index is 13.2. The first-order chi connectivity index (χ1) is 9.23. The zero-order chi connectivity index (χ0) is 15.5. The van der Waals surface area contributed by atoms with E-state index in [1.165, 1.54) is 33.1 Å². The highest BCUT2D eigenvalue weighted by Gasteiger charge is 2.38. The van der Waals surface area contributed by atoms with Gasteiger partial charge in [0.15, 0.2) is 0 Å². The van der Waals surface area contributed by atoms with Gasteiger partial charge in [-0.15, -0.1) is 11.6 Å². The molecule has 1 rings (SSSR count). The summed E-state index contributed by atoms with van der Waals surface area (Å²) in [6.45, 7) is 2.56. The SMILES string of the molecule is COCN(C(=O)CCl)c1c(C)ccc(C)c1C(F)(F)F. The van der Waals surface area contributed by atoms with Gasteiger partial charge in [0.2, 0.25) is 5.91 Å². The van der Waals surface area contributed by atoms with Gasteiger partial charge in [-0.1, -0.05) is 12.1 Å². The molecule has 7 heteroatoms. The molecule has 0 aliphatic heterocycles. The molecule has 0 aliphatic carbocycles. The Morgan fingerprint density at radius 2 is 1.85 bits per heavy atom. The molecule has 0 saturated carbocycles. The van der Waals surface area contributed by atoms with Crippen LogP contribution >= 0.6 is 11.6 Å². The van der Waals surface area contributed by atoms with Gasteiger partial charge >= 0.3 is 6.18 Å². The van der Waals surface area contributed by atoms with Crippen molar-refractivity contribution >= 4 is 23.2 Å². The molecule has 0 saturated heterocycles. The lowest BCUT2D eigenvalue weighted by Gasteiger charge is -2.27. The van der Waals surface area contributed by atoms with Crippen molar-refractivity contribution < 1.29 is 22.7 Å². The Morgan fingerprint density at radius 3 is 2.30 bits per heavy atom. The molecule has 0 N–H and O–H groups in total. The highest BCUT2D eigenvalue weighted by molar-refractivity contribution is 6.29. The monoisotopic (exact) mass is 309 g/mol. The Hall–Kier alpha value is -1.27. The molecular weight excluding hydrogens is 295 g/mol. The topological polar surface area (TPSA) is 29.5 Å². The smallest absolute Gasteiger partial charge is 0.364 e. The number of rotatable bonds is 4. The van der Waals surface area contributed by atoms with Crippen molar-refractivity contribution in [2.45, 2.75) is 20.0 Å². The van der Waals surface area contributed by atoms with E-state index in [0.29, 0.717) is 5.56 Å². The molecule has 0 unspecified atom stereocenters. The molecule has 0 bridgehead atoms. The summed E-state index contributed by atoms with van der Waals surface area (Å²) in [5.41, 5.74) is -0.668. The van der Waals surface area contributed by atoms with E-state index in [-0.39, 0.29) is 18.0 Å². The number of hydrogen-bond donors (Lipinski definition) is 0. The molecule has 0 atom stereocenters. The lowest BCUT2D eigenvalue weighted by molar-refractivity contribution is -0.137. The summed E-state index contributed by atoms with van der Waals surface area (Å²) in [5, 5.41) is 0. The molecule has 0 spiro atoms. The minimum Gasteiger partial charge on any atom is -0.364 e. The summed E-state index contributed by atoms with van der Waals surface area (Å²) in [5.74, 6) is -1.07. The van der Waals surface area contributed by atoms with E-state index in [2.05, 4.69) is 0 Å². The Labute approximate surface area is 120 Å². The number of nitrogens with zero attached hydrogens (tertiary/aromatic N) is 1. The van der Waals surface area contributed by atoms with Crippen LogP contribution in [0.15, 0.2) is 12.1 Å². The number of aryl methyl sites for hydroxylation is 2. The van der Waals surface area contributed by atoms with Crippen LogP contribution in [0.25, 0.3) is 0 Å². The van der Waals surface area contributed by atoms with Gasteiger partial charge in [-0.05, 0) is 25.0 Å². The normalized spacial score (nSPS) is 11.6. The fourth-order valence-corrected chi connectivity index (χ4v) is 2.11. The number of benzene rings is 1. The zero-order valence-electron chi connectivity index (χ0n) is 11.3. The maximum Gasteiger partial charge on any atom is 0.418 e. The molecule has 1 aromatic carbocycles. The fourth-order valence-electron chi connectivity index (χ4n) is 1.96. The van der Waals surface area contributed by atoms with Crippen molar-refractivity contribution in [2.75, 3.05) is 24.6 Å². The predicted molar refractivity (Wildman–Crippen MR) is 71.0 cm³/mol. The van der Waals surface area contributed by atoms with Crippen LogP contribution in [0.1, 0.15) is 16.7 Å². The van der Waals surface area contributed by atoms with Crippen LogP contribution in [0.4, 0.5) is 18.9 Å². The average molecular weight is 310 g/mol. The number of methoxy groups -OCH3 is 1. The molecule has 1 aromatic rings. The number of carbonyl (C=O) groups is 1. The van der Waals surface area contributed by atoms with Crippen LogP contribution in [-0.2, 0) is 15.7 Å². The number of ether oxygens (including phenoxy) is 1. The van der Waals surface area contributed by atoms with Gasteiger partial charge in [0.25, 0.3) is 0 Å². The first-order valence-electron chi connectivity index (χ1n) is 5.76. The van der Waals surface area contributed by atoms with Crippen LogP contribution in [0, 0.1) is 13.8 Å². The summed E-state index contributed by atoms with van der Waals surface area (Å²) in [7, 11) is 1.30. The molecule has 0 aliphatic rings. The van der Waals surface area contributed by atoms with Crippen molar-refractivity contribution in [3.63, 3.8) is 0 Å². The van der Waals surface area contributed by atoms with Crippen LogP contribution in [-0.4, -0.2) is 25.6 Å². The van der Waals surface area contributed by atoms with Crippen LogP contribution in [0.3, 0.4) is 0 Å². The number of alkyl halides is 4. The van der Waals surface area contributed by atoms with Crippen molar-refractivity contribution in [2.24, 2.45) is 0 Å². The molecule has 0 aromatic heterocycles. The van der Waals surface area contributed by atoms with E-state index in [1.807, 2.05) is 0 Å². The van der Waals surface area contributed by atoms with E-state index in [4.69, 9.17) is 16.3 Å². The fraction of sp³-hybridized carbons (Fsp3) is 0.462. The molecule has 112 valence electrons. The first kappa shape index (κ1) is 16.8. The molecule has 3 nitrogen and oxygen atoms in total. The summed E-state index contributed by atoms with van der Waals surface area (Å²) >= 11 is 5.46. The standard InChI is InChI=1S/C13H15ClF3NO2/c1-8-4-5-9(2)12(11(8)13(15,16)17)18(7-20-3)10(19)6-14/h4-5H,6-7H2,1-3H3. The van der Waals surface area contributed by atoms with Crippen LogP contribution in [0.5, 0.6) is 0 Å². The van der Waals surface area contributed by atoms with Gasteiger partial charge in [0.05, 0.1) is 11.3 Å². The average Bonchev–Trinajstić information content (AvgIpc) is 2.36. The number of halogens is 4. The second-order valence-electron chi connectivity index (χ2n) is 4.29. The van der Waals surface area contributed by atoms with Gasteiger partial charge in [0, 0.05) is 7.11 Å². The van der Waals surface area contributed by atoms with E-state index in [1.54, 1.807) is 0 Å². The minimum absolute atomic E-state index is 0.0431. The van der Waals surface area contributed by atoms with E-state index in [9.17, 15) is 18.0 Å². The molecule has 20 heavy (non-hydrogen) atoms. The number of amides is 1. The number of anilines is 1. The van der Waals surface area contributed by atoms with Crippen molar-refractivity contribution in [1.29, 1.82) is 0 Å². The van der Waals surface area contributed by atoms with E-state index >= 15 is 0 Å². The van der Waals surface area contributed by atoms with Crippen LogP contribution in [0.2, 0.25) is 0 Å². The highest BCUT2D eigenvalue weighted by Crippen LogP contribution is 2.40. The minimum atomic E-state index is -4.57. The third-order valence-electron chi connectivity index (χ3n) is 2.81. The Bertz CT molecular complexity index is 503. The molecule has 0 heterocycles. The third-order valence-corrected chi connectivity index (χ3v) is 3.04.